The van der Waals surface area contributed by atoms with Crippen LogP contribution >= 0.6 is 11.3 Å². The molecule has 8 heteroatoms. The van der Waals surface area contributed by atoms with Crippen molar-refractivity contribution in [3.8, 4) is 0 Å². The fourth-order valence-corrected chi connectivity index (χ4v) is 3.39. The predicted molar refractivity (Wildman–Crippen MR) is 94.0 cm³/mol. The molecule has 124 valence electrons. The van der Waals surface area contributed by atoms with Crippen molar-refractivity contribution in [2.45, 2.75) is 18.0 Å². The van der Waals surface area contributed by atoms with Crippen molar-refractivity contribution in [2.24, 2.45) is 4.99 Å². The molecule has 1 aromatic carbocycles. The predicted octanol–water partition coefficient (Wildman–Crippen LogP) is 1.52. The Morgan fingerprint density at radius 2 is 1.91 bits per heavy atom. The molecule has 0 spiro atoms. The lowest BCUT2D eigenvalue weighted by Gasteiger charge is -2.12. The van der Waals surface area contributed by atoms with Gasteiger partial charge in [-0.1, -0.05) is 12.1 Å². The molecule has 0 fully saturated rings. The van der Waals surface area contributed by atoms with E-state index < -0.39 is 10.0 Å². The Labute approximate surface area is 140 Å². The Hall–Kier alpha value is -1.90. The fraction of sp³-hybridized carbons (Fsp3) is 0.267. The standard InChI is InChI=1S/C15H20N4O2S2/c1-16-15(19-10-13-6-7-22-11-13)18-9-12-4-3-5-14(8-12)23(20,21)17-2/h3-8,11,17H,9-10H2,1-2H3,(H2,16,18,19). The maximum absolute atomic E-state index is 11.8. The third kappa shape index (κ3) is 5.05. The van der Waals surface area contributed by atoms with Crippen LogP contribution in [0.2, 0.25) is 0 Å². The van der Waals surface area contributed by atoms with Gasteiger partial charge in [0.25, 0.3) is 0 Å². The van der Waals surface area contributed by atoms with E-state index in [0.29, 0.717) is 19.0 Å². The van der Waals surface area contributed by atoms with Crippen LogP contribution < -0.4 is 15.4 Å². The summed E-state index contributed by atoms with van der Waals surface area (Å²) in [5.41, 5.74) is 2.06. The molecule has 0 saturated carbocycles. The lowest BCUT2D eigenvalue weighted by atomic mass is 10.2. The van der Waals surface area contributed by atoms with Gasteiger partial charge in [0.05, 0.1) is 4.90 Å². The molecule has 2 rings (SSSR count). The molecule has 0 atom stereocenters. The monoisotopic (exact) mass is 352 g/mol. The zero-order valence-corrected chi connectivity index (χ0v) is 14.7. The first kappa shape index (κ1) is 17.5. The van der Waals surface area contributed by atoms with Crippen molar-refractivity contribution in [3.05, 3.63) is 52.2 Å². The highest BCUT2D eigenvalue weighted by Crippen LogP contribution is 2.11. The Bertz CT molecular complexity index is 756. The van der Waals surface area contributed by atoms with E-state index in [1.807, 2.05) is 11.4 Å². The van der Waals surface area contributed by atoms with Crippen LogP contribution in [0.4, 0.5) is 0 Å². The maximum atomic E-state index is 11.8. The third-order valence-corrected chi connectivity index (χ3v) is 5.35. The summed E-state index contributed by atoms with van der Waals surface area (Å²) in [6.45, 7) is 1.17. The van der Waals surface area contributed by atoms with E-state index in [-0.39, 0.29) is 4.90 Å². The molecule has 0 amide bonds. The van der Waals surface area contributed by atoms with Crippen LogP contribution in [-0.4, -0.2) is 28.5 Å². The van der Waals surface area contributed by atoms with Crippen LogP contribution in [0.15, 0.2) is 51.0 Å². The number of thiophene rings is 1. The van der Waals surface area contributed by atoms with Crippen LogP contribution in [-0.2, 0) is 23.1 Å². The summed E-state index contributed by atoms with van der Waals surface area (Å²) in [4.78, 5) is 4.41. The fourth-order valence-electron chi connectivity index (χ4n) is 1.93. The Morgan fingerprint density at radius 1 is 1.17 bits per heavy atom. The first-order valence-corrected chi connectivity index (χ1v) is 9.46. The number of hydrogen-bond donors (Lipinski definition) is 3. The van der Waals surface area contributed by atoms with Gasteiger partial charge in [-0.2, -0.15) is 11.3 Å². The number of nitrogens with one attached hydrogen (secondary N) is 3. The number of sulfonamides is 1. The average Bonchev–Trinajstić information content (AvgIpc) is 3.09. The minimum atomic E-state index is -3.43. The van der Waals surface area contributed by atoms with E-state index in [9.17, 15) is 8.42 Å². The van der Waals surface area contributed by atoms with Gasteiger partial charge in [0.1, 0.15) is 0 Å². The van der Waals surface area contributed by atoms with E-state index in [2.05, 4.69) is 31.8 Å². The molecular formula is C15H20N4O2S2. The lowest BCUT2D eigenvalue weighted by Crippen LogP contribution is -2.36. The lowest BCUT2D eigenvalue weighted by molar-refractivity contribution is 0.588. The minimum absolute atomic E-state index is 0.250. The molecule has 0 aliphatic rings. The van der Waals surface area contributed by atoms with E-state index in [4.69, 9.17) is 0 Å². The van der Waals surface area contributed by atoms with Crippen molar-refractivity contribution in [2.75, 3.05) is 14.1 Å². The molecule has 0 unspecified atom stereocenters. The Morgan fingerprint density at radius 3 is 2.52 bits per heavy atom. The SMILES string of the molecule is CN=C(NCc1ccsc1)NCc1cccc(S(=O)(=O)NC)c1. The molecule has 0 aliphatic carbocycles. The molecule has 1 aromatic heterocycles. The minimum Gasteiger partial charge on any atom is -0.352 e. The zero-order chi connectivity index (χ0) is 16.7. The second-order valence-electron chi connectivity index (χ2n) is 4.77. The molecule has 3 N–H and O–H groups in total. The van der Waals surface area contributed by atoms with E-state index in [1.165, 1.54) is 12.6 Å². The van der Waals surface area contributed by atoms with Crippen LogP contribution in [0.1, 0.15) is 11.1 Å². The molecule has 0 saturated heterocycles. The normalized spacial score (nSPS) is 12.2. The first-order chi connectivity index (χ1) is 11.0. The molecule has 0 radical (unpaired) electrons. The van der Waals surface area contributed by atoms with Gasteiger partial charge in [-0.15, -0.1) is 0 Å². The topological polar surface area (TPSA) is 82.6 Å². The van der Waals surface area contributed by atoms with Gasteiger partial charge in [0, 0.05) is 20.1 Å². The van der Waals surface area contributed by atoms with Crippen LogP contribution in [0.5, 0.6) is 0 Å². The number of guanidine groups is 1. The summed E-state index contributed by atoms with van der Waals surface area (Å²) < 4.78 is 25.9. The molecule has 2 aromatic rings. The largest absolute Gasteiger partial charge is 0.352 e. The molecule has 6 nitrogen and oxygen atoms in total. The van der Waals surface area contributed by atoms with Gasteiger partial charge in [0.15, 0.2) is 5.96 Å². The second kappa shape index (κ2) is 8.09. The van der Waals surface area contributed by atoms with Gasteiger partial charge >= 0.3 is 0 Å². The maximum Gasteiger partial charge on any atom is 0.240 e. The number of nitrogens with zero attached hydrogens (tertiary/aromatic N) is 1. The molecular weight excluding hydrogens is 332 g/mol. The van der Waals surface area contributed by atoms with Crippen molar-refractivity contribution < 1.29 is 8.42 Å². The summed E-state index contributed by atoms with van der Waals surface area (Å²) in [7, 11) is -0.329. The van der Waals surface area contributed by atoms with Crippen LogP contribution in [0.3, 0.4) is 0 Å². The van der Waals surface area contributed by atoms with Crippen LogP contribution in [0.25, 0.3) is 0 Å². The number of rotatable bonds is 6. The van der Waals surface area contributed by atoms with Gasteiger partial charge in [-0.05, 0) is 47.1 Å². The zero-order valence-electron chi connectivity index (χ0n) is 13.0. The molecule has 0 aliphatic heterocycles. The molecule has 0 bridgehead atoms. The van der Waals surface area contributed by atoms with Gasteiger partial charge in [-0.3, -0.25) is 4.99 Å². The average molecular weight is 352 g/mol. The number of hydrogen-bond acceptors (Lipinski definition) is 4. The van der Waals surface area contributed by atoms with Crippen molar-refractivity contribution in [3.63, 3.8) is 0 Å². The third-order valence-electron chi connectivity index (χ3n) is 3.20. The summed E-state index contributed by atoms with van der Waals surface area (Å²) in [6.07, 6.45) is 0. The first-order valence-electron chi connectivity index (χ1n) is 7.03. The highest BCUT2D eigenvalue weighted by atomic mass is 32.2. The van der Waals surface area contributed by atoms with Gasteiger partial charge in [0.2, 0.25) is 10.0 Å². The summed E-state index contributed by atoms with van der Waals surface area (Å²) in [6, 6.07) is 8.86. The summed E-state index contributed by atoms with van der Waals surface area (Å²) in [5.74, 6) is 0.665. The van der Waals surface area contributed by atoms with Crippen molar-refractivity contribution >= 4 is 27.3 Å². The Balaban J connectivity index is 1.95. The van der Waals surface area contributed by atoms with E-state index in [1.54, 1.807) is 36.6 Å². The second-order valence-corrected chi connectivity index (χ2v) is 7.43. The van der Waals surface area contributed by atoms with Gasteiger partial charge < -0.3 is 10.6 Å². The van der Waals surface area contributed by atoms with E-state index in [0.717, 1.165) is 5.56 Å². The smallest absolute Gasteiger partial charge is 0.240 e. The highest BCUT2D eigenvalue weighted by molar-refractivity contribution is 7.89. The molecule has 1 heterocycles. The quantitative estimate of drug-likeness (QED) is 0.544. The number of benzene rings is 1. The van der Waals surface area contributed by atoms with E-state index >= 15 is 0 Å². The van der Waals surface area contributed by atoms with Gasteiger partial charge in [-0.25, -0.2) is 13.1 Å². The number of aliphatic imine (C=N–C) groups is 1. The van der Waals surface area contributed by atoms with Crippen molar-refractivity contribution in [1.29, 1.82) is 0 Å². The van der Waals surface area contributed by atoms with Crippen molar-refractivity contribution in [1.82, 2.24) is 15.4 Å². The van der Waals surface area contributed by atoms with Crippen LogP contribution in [0, 0.1) is 0 Å². The Kier molecular flexibility index (Phi) is 6.14. The highest BCUT2D eigenvalue weighted by Gasteiger charge is 2.11. The molecule has 23 heavy (non-hydrogen) atoms. The summed E-state index contributed by atoms with van der Waals surface area (Å²) >= 11 is 1.65. The summed E-state index contributed by atoms with van der Waals surface area (Å²) in [5, 5.41) is 10.5.